The maximum absolute atomic E-state index is 12.5. The zero-order valence-corrected chi connectivity index (χ0v) is 15.7. The quantitative estimate of drug-likeness (QED) is 0.680. The lowest BCUT2D eigenvalue weighted by Gasteiger charge is -2.36. The molecule has 1 heterocycles. The fourth-order valence-corrected chi connectivity index (χ4v) is 4.57. The van der Waals surface area contributed by atoms with Crippen LogP contribution in [0.2, 0.25) is 0 Å². The summed E-state index contributed by atoms with van der Waals surface area (Å²) in [4.78, 5) is 27.7. The van der Waals surface area contributed by atoms with Crippen molar-refractivity contribution in [2.24, 2.45) is 17.4 Å². The smallest absolute Gasteiger partial charge is 0.231 e. The molecule has 2 unspecified atom stereocenters. The van der Waals surface area contributed by atoms with Gasteiger partial charge < -0.3 is 16.8 Å². The van der Waals surface area contributed by atoms with E-state index in [2.05, 4.69) is 10.3 Å². The van der Waals surface area contributed by atoms with Crippen LogP contribution in [0.5, 0.6) is 0 Å². The molecule has 0 spiro atoms. The van der Waals surface area contributed by atoms with Crippen LogP contribution in [0.15, 0.2) is 4.21 Å². The molecule has 1 aliphatic carbocycles. The molecule has 2 atom stereocenters. The van der Waals surface area contributed by atoms with E-state index in [1.54, 1.807) is 0 Å². The molecule has 0 aromatic carbocycles. The lowest BCUT2D eigenvalue weighted by Crippen LogP contribution is -2.51. The third-order valence-corrected chi connectivity index (χ3v) is 6.36. The number of thioether (sulfide) groups is 1. The van der Waals surface area contributed by atoms with E-state index >= 15 is 0 Å². The number of anilines is 1. The second-order valence-corrected chi connectivity index (χ2v) is 8.18. The van der Waals surface area contributed by atoms with E-state index in [1.165, 1.54) is 23.1 Å². The number of nitrogens with one attached hydrogen (secondary N) is 1. The second-order valence-electron chi connectivity index (χ2n) is 5.94. The molecule has 1 aromatic heterocycles. The SMILES string of the molecule is Cc1nc(NC(=O)C2CCCCC2(C)N)sc1SCC(N)=O.Cl. The van der Waals surface area contributed by atoms with Crippen molar-refractivity contribution < 1.29 is 9.59 Å². The number of aryl methyl sites for hydroxylation is 1. The molecule has 0 saturated heterocycles. The number of primary amides is 1. The average molecular weight is 379 g/mol. The van der Waals surface area contributed by atoms with E-state index < -0.39 is 5.54 Å². The van der Waals surface area contributed by atoms with Gasteiger partial charge in [-0.1, -0.05) is 24.2 Å². The Balaban J connectivity index is 0.00000264. The van der Waals surface area contributed by atoms with E-state index in [4.69, 9.17) is 11.5 Å². The molecule has 0 radical (unpaired) electrons. The van der Waals surface area contributed by atoms with Gasteiger partial charge in [-0.3, -0.25) is 9.59 Å². The highest BCUT2D eigenvalue weighted by atomic mass is 35.5. The van der Waals surface area contributed by atoms with Gasteiger partial charge in [-0.25, -0.2) is 4.98 Å². The first-order valence-electron chi connectivity index (χ1n) is 7.28. The molecule has 130 valence electrons. The minimum Gasteiger partial charge on any atom is -0.369 e. The number of halogens is 1. The Bertz CT molecular complexity index is 577. The maximum Gasteiger partial charge on any atom is 0.231 e. The van der Waals surface area contributed by atoms with E-state index in [0.29, 0.717) is 5.13 Å². The van der Waals surface area contributed by atoms with Crippen LogP contribution < -0.4 is 16.8 Å². The van der Waals surface area contributed by atoms with Crippen LogP contribution in [0.4, 0.5) is 5.13 Å². The third kappa shape index (κ3) is 5.34. The van der Waals surface area contributed by atoms with Crippen molar-refractivity contribution in [2.75, 3.05) is 11.1 Å². The number of nitrogens with zero attached hydrogens (tertiary/aromatic N) is 1. The molecule has 23 heavy (non-hydrogen) atoms. The van der Waals surface area contributed by atoms with Gasteiger partial charge in [0, 0.05) is 5.54 Å². The summed E-state index contributed by atoms with van der Waals surface area (Å²) in [6, 6.07) is 0. The van der Waals surface area contributed by atoms with Crippen LogP contribution in [0, 0.1) is 12.8 Å². The molecular weight excluding hydrogens is 356 g/mol. The Morgan fingerprint density at radius 3 is 2.78 bits per heavy atom. The zero-order chi connectivity index (χ0) is 16.3. The van der Waals surface area contributed by atoms with E-state index in [1.807, 2.05) is 13.8 Å². The number of aromatic nitrogens is 1. The standard InChI is InChI=1S/C14H22N4O2S2.ClH/c1-8-12(21-7-10(15)19)22-13(17-8)18-11(20)9-5-3-4-6-14(9,2)16;/h9H,3-7,16H2,1-2H3,(H2,15,19)(H,17,18,20);1H. The Kier molecular flexibility index (Phi) is 7.31. The summed E-state index contributed by atoms with van der Waals surface area (Å²) in [5.74, 6) is -0.415. The number of hydrogen-bond donors (Lipinski definition) is 3. The summed E-state index contributed by atoms with van der Waals surface area (Å²) in [5, 5.41) is 3.43. The first kappa shape index (κ1) is 20.2. The minimum absolute atomic E-state index is 0. The van der Waals surface area contributed by atoms with Gasteiger partial charge in [0.15, 0.2) is 5.13 Å². The summed E-state index contributed by atoms with van der Waals surface area (Å²) < 4.78 is 0.897. The third-order valence-electron chi connectivity index (χ3n) is 3.90. The van der Waals surface area contributed by atoms with E-state index in [9.17, 15) is 9.59 Å². The van der Waals surface area contributed by atoms with Gasteiger partial charge in [-0.05, 0) is 26.7 Å². The highest BCUT2D eigenvalue weighted by molar-refractivity contribution is 8.01. The molecule has 2 rings (SSSR count). The van der Waals surface area contributed by atoms with E-state index in [0.717, 1.165) is 35.6 Å². The Hall–Kier alpha value is -0.830. The fourth-order valence-electron chi connectivity index (χ4n) is 2.69. The first-order chi connectivity index (χ1) is 10.3. The Morgan fingerprint density at radius 1 is 1.48 bits per heavy atom. The molecule has 5 N–H and O–H groups in total. The molecule has 0 aliphatic heterocycles. The van der Waals surface area contributed by atoms with Crippen LogP contribution in [0.25, 0.3) is 0 Å². The number of carbonyl (C=O) groups excluding carboxylic acids is 2. The van der Waals surface area contributed by atoms with Crippen molar-refractivity contribution in [1.82, 2.24) is 4.98 Å². The maximum atomic E-state index is 12.5. The number of amides is 2. The minimum atomic E-state index is -0.460. The summed E-state index contributed by atoms with van der Waals surface area (Å²) in [7, 11) is 0. The fraction of sp³-hybridized carbons (Fsp3) is 0.643. The summed E-state index contributed by atoms with van der Waals surface area (Å²) in [5.41, 5.74) is 11.7. The van der Waals surface area contributed by atoms with Crippen molar-refractivity contribution in [3.8, 4) is 0 Å². The number of nitrogens with two attached hydrogens (primary N) is 2. The lowest BCUT2D eigenvalue weighted by molar-refractivity contribution is -0.122. The van der Waals surface area contributed by atoms with Crippen LogP contribution in [-0.2, 0) is 9.59 Å². The second kappa shape index (κ2) is 8.32. The largest absolute Gasteiger partial charge is 0.369 e. The van der Waals surface area contributed by atoms with Crippen molar-refractivity contribution in [3.63, 3.8) is 0 Å². The highest BCUT2D eigenvalue weighted by Gasteiger charge is 2.38. The predicted molar refractivity (Wildman–Crippen MR) is 97.2 cm³/mol. The average Bonchev–Trinajstić information content (AvgIpc) is 2.75. The number of thiazole rings is 1. The van der Waals surface area contributed by atoms with Crippen LogP contribution in [0.3, 0.4) is 0 Å². The van der Waals surface area contributed by atoms with Gasteiger partial charge in [-0.15, -0.1) is 24.2 Å². The van der Waals surface area contributed by atoms with Crippen LogP contribution in [0.1, 0.15) is 38.3 Å². The van der Waals surface area contributed by atoms with E-state index in [-0.39, 0.29) is 35.9 Å². The Morgan fingerprint density at radius 2 is 2.17 bits per heavy atom. The summed E-state index contributed by atoms with van der Waals surface area (Å²) in [6.07, 6.45) is 3.77. The van der Waals surface area contributed by atoms with Crippen molar-refractivity contribution in [1.29, 1.82) is 0 Å². The molecule has 1 saturated carbocycles. The molecule has 2 amide bonds. The summed E-state index contributed by atoms with van der Waals surface area (Å²) in [6.45, 7) is 3.79. The molecule has 1 aromatic rings. The number of hydrogen-bond acceptors (Lipinski definition) is 6. The van der Waals surface area contributed by atoms with Crippen molar-refractivity contribution >= 4 is 52.5 Å². The molecule has 1 aliphatic rings. The van der Waals surface area contributed by atoms with Gasteiger partial charge >= 0.3 is 0 Å². The first-order valence-corrected chi connectivity index (χ1v) is 9.08. The van der Waals surface area contributed by atoms with Gasteiger partial charge in [0.1, 0.15) is 0 Å². The molecule has 6 nitrogen and oxygen atoms in total. The van der Waals surface area contributed by atoms with Gasteiger partial charge in [0.2, 0.25) is 11.8 Å². The topological polar surface area (TPSA) is 111 Å². The van der Waals surface area contributed by atoms with Crippen molar-refractivity contribution in [2.45, 2.75) is 49.3 Å². The normalized spacial score (nSPS) is 23.9. The zero-order valence-electron chi connectivity index (χ0n) is 13.3. The van der Waals surface area contributed by atoms with Gasteiger partial charge in [0.25, 0.3) is 0 Å². The molecule has 9 heteroatoms. The van der Waals surface area contributed by atoms with Crippen LogP contribution in [-0.4, -0.2) is 28.1 Å². The number of carbonyl (C=O) groups is 2. The molecule has 1 fully saturated rings. The molecular formula is C14H23ClN4O2S2. The predicted octanol–water partition coefficient (Wildman–Crippen LogP) is 2.30. The number of rotatable bonds is 5. The lowest BCUT2D eigenvalue weighted by atomic mass is 9.74. The van der Waals surface area contributed by atoms with Gasteiger partial charge in [0.05, 0.1) is 21.6 Å². The summed E-state index contributed by atoms with van der Waals surface area (Å²) >= 11 is 2.71. The highest BCUT2D eigenvalue weighted by Crippen LogP contribution is 2.35. The molecule has 0 bridgehead atoms. The monoisotopic (exact) mass is 378 g/mol. The van der Waals surface area contributed by atoms with Crippen LogP contribution >= 0.6 is 35.5 Å². The van der Waals surface area contributed by atoms with Crippen molar-refractivity contribution in [3.05, 3.63) is 5.69 Å². The van der Waals surface area contributed by atoms with Gasteiger partial charge in [-0.2, -0.15) is 0 Å². The Labute approximate surface area is 150 Å².